The first-order valence-corrected chi connectivity index (χ1v) is 9.51. The van der Waals surface area contributed by atoms with Crippen LogP contribution in [0.25, 0.3) is 0 Å². The van der Waals surface area contributed by atoms with Crippen molar-refractivity contribution in [2.24, 2.45) is 0 Å². The molecule has 24 heavy (non-hydrogen) atoms. The van der Waals surface area contributed by atoms with E-state index in [0.29, 0.717) is 5.57 Å². The Bertz CT molecular complexity index is 743. The fourth-order valence-corrected chi connectivity index (χ4v) is 3.50. The smallest absolute Gasteiger partial charge is 0.400 e. The molecule has 0 saturated carbocycles. The first-order valence-electron chi connectivity index (χ1n) is 7.97. The Labute approximate surface area is 145 Å². The summed E-state index contributed by atoms with van der Waals surface area (Å²) in [5.41, 5.74) is 0.821. The van der Waals surface area contributed by atoms with Gasteiger partial charge >= 0.3 is 7.12 Å². The van der Waals surface area contributed by atoms with Crippen molar-refractivity contribution >= 4 is 17.0 Å². The van der Waals surface area contributed by atoms with Gasteiger partial charge in [0.1, 0.15) is 0 Å². The second-order valence-corrected chi connectivity index (χ2v) is 9.00. The third kappa shape index (κ3) is 4.18. The molecule has 6 heteroatoms. The highest BCUT2D eigenvalue weighted by molar-refractivity contribution is 7.94. The predicted molar refractivity (Wildman–Crippen MR) is 97.3 cm³/mol. The molecule has 0 N–H and O–H groups in total. The third-order valence-corrected chi connectivity index (χ3v) is 6.09. The Balaban J connectivity index is 2.13. The van der Waals surface area contributed by atoms with Crippen LogP contribution in [0.15, 0.2) is 52.2 Å². The van der Waals surface area contributed by atoms with E-state index in [-0.39, 0.29) is 4.90 Å². The first kappa shape index (κ1) is 19.0. The van der Waals surface area contributed by atoms with Crippen molar-refractivity contribution in [3.63, 3.8) is 0 Å². The van der Waals surface area contributed by atoms with Crippen LogP contribution in [0.2, 0.25) is 0 Å². The summed E-state index contributed by atoms with van der Waals surface area (Å²) in [6, 6.07) is 6.81. The Morgan fingerprint density at radius 1 is 1.04 bits per heavy atom. The van der Waals surface area contributed by atoms with Gasteiger partial charge in [-0.05, 0) is 59.2 Å². The largest absolute Gasteiger partial charge is 0.487 e. The molecule has 2 rings (SSSR count). The van der Waals surface area contributed by atoms with Crippen LogP contribution in [0.3, 0.4) is 0 Å². The molecule has 0 aromatic heterocycles. The number of sulfone groups is 1. The van der Waals surface area contributed by atoms with Crippen LogP contribution in [0.4, 0.5) is 0 Å². The fourth-order valence-electron chi connectivity index (χ4n) is 2.28. The lowest BCUT2D eigenvalue weighted by molar-refractivity contribution is 0.00578. The lowest BCUT2D eigenvalue weighted by Crippen LogP contribution is -2.41. The molecule has 1 aliphatic rings. The summed E-state index contributed by atoms with van der Waals surface area (Å²) in [5, 5.41) is 1.26. The number of rotatable bonds is 4. The highest BCUT2D eigenvalue weighted by Crippen LogP contribution is 2.36. The molecule has 0 aliphatic carbocycles. The number of allylic oxidation sites excluding steroid dienone is 2. The van der Waals surface area contributed by atoms with Crippen molar-refractivity contribution < 1.29 is 17.7 Å². The van der Waals surface area contributed by atoms with Gasteiger partial charge in [0, 0.05) is 5.41 Å². The maximum Gasteiger partial charge on any atom is 0.487 e. The van der Waals surface area contributed by atoms with E-state index in [0.717, 1.165) is 5.56 Å². The molecular formula is C18H25BO4S. The normalized spacial score (nSPS) is 20.8. The van der Waals surface area contributed by atoms with Gasteiger partial charge in [0.15, 0.2) is 9.84 Å². The average molecular weight is 348 g/mol. The molecule has 0 amide bonds. The van der Waals surface area contributed by atoms with Crippen molar-refractivity contribution in [3.05, 3.63) is 52.9 Å². The van der Waals surface area contributed by atoms with Gasteiger partial charge < -0.3 is 9.31 Å². The minimum atomic E-state index is -3.46. The van der Waals surface area contributed by atoms with Crippen LogP contribution in [0, 0.1) is 6.92 Å². The van der Waals surface area contributed by atoms with E-state index in [2.05, 4.69) is 0 Å². The molecule has 0 atom stereocenters. The van der Waals surface area contributed by atoms with Crippen molar-refractivity contribution in [2.45, 2.75) is 57.6 Å². The Morgan fingerprint density at radius 3 is 2.04 bits per heavy atom. The molecule has 0 bridgehead atoms. The molecule has 0 radical (unpaired) electrons. The first-order chi connectivity index (χ1) is 10.9. The Kier molecular flexibility index (Phi) is 5.14. The van der Waals surface area contributed by atoms with Crippen molar-refractivity contribution in [1.82, 2.24) is 0 Å². The summed E-state index contributed by atoms with van der Waals surface area (Å²) in [6.45, 7) is 11.6. The molecular weight excluding hydrogens is 323 g/mol. The van der Waals surface area contributed by atoms with E-state index in [9.17, 15) is 8.42 Å². The molecule has 0 unspecified atom stereocenters. The van der Waals surface area contributed by atoms with Crippen LogP contribution in [0.5, 0.6) is 0 Å². The lowest BCUT2D eigenvalue weighted by atomic mass is 9.89. The zero-order valence-corrected chi connectivity index (χ0v) is 16.0. The molecule has 1 saturated heterocycles. The van der Waals surface area contributed by atoms with Gasteiger partial charge in [-0.15, -0.1) is 0 Å². The number of benzene rings is 1. The van der Waals surface area contributed by atoms with E-state index in [4.69, 9.17) is 9.31 Å². The number of hydrogen-bond acceptors (Lipinski definition) is 4. The zero-order valence-electron chi connectivity index (χ0n) is 15.2. The van der Waals surface area contributed by atoms with Gasteiger partial charge in [-0.2, -0.15) is 0 Å². The summed E-state index contributed by atoms with van der Waals surface area (Å²) < 4.78 is 36.5. The standard InChI is InChI=1S/C18H25BO4S/c1-14-7-9-16(10-8-14)24(20,21)13-15(2)11-12-19-22-17(3,4)18(5,6)23-19/h7-13H,1-6H3/b12-11+,15-13+. The molecule has 0 spiro atoms. The van der Waals surface area contributed by atoms with Gasteiger partial charge in [-0.25, -0.2) is 8.42 Å². The van der Waals surface area contributed by atoms with Gasteiger partial charge in [0.2, 0.25) is 0 Å². The van der Waals surface area contributed by atoms with Crippen LogP contribution in [0.1, 0.15) is 40.2 Å². The summed E-state index contributed by atoms with van der Waals surface area (Å²) in [6.07, 6.45) is 1.72. The van der Waals surface area contributed by atoms with E-state index in [1.54, 1.807) is 43.2 Å². The quantitative estimate of drug-likeness (QED) is 0.612. The minimum Gasteiger partial charge on any atom is -0.400 e. The van der Waals surface area contributed by atoms with Gasteiger partial charge in [-0.1, -0.05) is 29.7 Å². The molecule has 1 aliphatic heterocycles. The van der Waals surface area contributed by atoms with E-state index in [1.807, 2.05) is 34.6 Å². The second-order valence-electron chi connectivity index (χ2n) is 7.20. The Hall–Kier alpha value is -1.37. The van der Waals surface area contributed by atoms with Crippen molar-refractivity contribution in [2.75, 3.05) is 0 Å². The fraction of sp³-hybridized carbons (Fsp3) is 0.444. The highest BCUT2D eigenvalue weighted by atomic mass is 32.2. The molecule has 1 heterocycles. The Morgan fingerprint density at radius 2 is 1.54 bits per heavy atom. The molecule has 1 fully saturated rings. The maximum atomic E-state index is 12.4. The molecule has 4 nitrogen and oxygen atoms in total. The topological polar surface area (TPSA) is 52.6 Å². The SMILES string of the molecule is CC(/C=C/B1OC(C)(C)C(C)(C)O1)=C\S(=O)(=O)c1ccc(C)cc1. The number of aryl methyl sites for hydroxylation is 1. The lowest BCUT2D eigenvalue weighted by Gasteiger charge is -2.32. The van der Waals surface area contributed by atoms with E-state index < -0.39 is 28.2 Å². The zero-order chi connectivity index (χ0) is 18.2. The molecule has 1 aromatic rings. The van der Waals surface area contributed by atoms with Gasteiger partial charge in [0.25, 0.3) is 0 Å². The molecule has 130 valence electrons. The minimum absolute atomic E-state index is 0.288. The summed E-state index contributed by atoms with van der Waals surface area (Å²) in [5.74, 6) is 1.74. The molecule has 1 aromatic carbocycles. The van der Waals surface area contributed by atoms with E-state index >= 15 is 0 Å². The van der Waals surface area contributed by atoms with Crippen LogP contribution < -0.4 is 0 Å². The van der Waals surface area contributed by atoms with Gasteiger partial charge in [0.05, 0.1) is 16.1 Å². The van der Waals surface area contributed by atoms with Crippen LogP contribution in [-0.4, -0.2) is 26.7 Å². The van der Waals surface area contributed by atoms with Crippen molar-refractivity contribution in [3.8, 4) is 0 Å². The second kappa shape index (κ2) is 6.50. The maximum absolute atomic E-state index is 12.4. The summed E-state index contributed by atoms with van der Waals surface area (Å²) in [4.78, 5) is 0.288. The number of hydrogen-bond donors (Lipinski definition) is 0. The highest BCUT2D eigenvalue weighted by Gasteiger charge is 2.49. The van der Waals surface area contributed by atoms with Crippen LogP contribution >= 0.6 is 0 Å². The third-order valence-electron chi connectivity index (χ3n) is 4.48. The predicted octanol–water partition coefficient (Wildman–Crippen LogP) is 3.86. The monoisotopic (exact) mass is 348 g/mol. The summed E-state index contributed by atoms with van der Waals surface area (Å²) in [7, 11) is -3.95. The van der Waals surface area contributed by atoms with Gasteiger partial charge in [-0.3, -0.25) is 0 Å². The van der Waals surface area contributed by atoms with E-state index in [1.165, 1.54) is 5.41 Å². The van der Waals surface area contributed by atoms with Crippen LogP contribution in [-0.2, 0) is 19.1 Å². The van der Waals surface area contributed by atoms with Crippen molar-refractivity contribution in [1.29, 1.82) is 0 Å². The summed E-state index contributed by atoms with van der Waals surface area (Å²) >= 11 is 0. The average Bonchev–Trinajstić information content (AvgIpc) is 2.64.